The average molecular weight is 318 g/mol. The molecule has 0 saturated heterocycles. The Balaban J connectivity index is 3.21. The van der Waals surface area contributed by atoms with Gasteiger partial charge in [-0.2, -0.15) is 0 Å². The van der Waals surface area contributed by atoms with E-state index in [9.17, 15) is 9.36 Å². The highest BCUT2D eigenvalue weighted by atomic mass is 35.5. The van der Waals surface area contributed by atoms with Crippen molar-refractivity contribution in [1.82, 2.24) is 5.43 Å². The van der Waals surface area contributed by atoms with Crippen LogP contribution >= 0.6 is 20.1 Å². The van der Waals surface area contributed by atoms with Crippen LogP contribution in [-0.2, 0) is 19.4 Å². The Morgan fingerprint density at radius 2 is 2.05 bits per heavy atom. The van der Waals surface area contributed by atoms with E-state index in [0.29, 0.717) is 5.56 Å². The summed E-state index contributed by atoms with van der Waals surface area (Å²) < 4.78 is 17.0. The largest absolute Gasteiger partial charge is 0.378 e. The molecule has 1 unspecified atom stereocenters. The molecule has 1 rings (SSSR count). The van der Waals surface area contributed by atoms with Crippen LogP contribution in [0.1, 0.15) is 5.56 Å². The summed E-state index contributed by atoms with van der Waals surface area (Å²) in [5.41, 5.74) is 3.36. The van der Waals surface area contributed by atoms with Crippen molar-refractivity contribution in [2.24, 2.45) is 5.84 Å². The first kappa shape index (κ1) is 16.9. The summed E-state index contributed by atoms with van der Waals surface area (Å²) in [4.78, 5) is 13.9. The Bertz CT molecular complexity index is 470. The van der Waals surface area contributed by atoms with Crippen LogP contribution in [0.4, 0.5) is 5.69 Å². The van der Waals surface area contributed by atoms with Gasteiger partial charge in [-0.05, 0) is 12.1 Å². The number of hydrogen-bond donors (Lipinski definition) is 2. The molecule has 1 aromatic rings. The summed E-state index contributed by atoms with van der Waals surface area (Å²) in [6.07, 6.45) is 0. The SMILES string of the molecule is CN(C)c1ccc(C(OCCCl)(P=O)C(=O)NN)cc1. The van der Waals surface area contributed by atoms with E-state index in [1.807, 2.05) is 24.4 Å². The molecule has 0 aliphatic carbocycles. The van der Waals surface area contributed by atoms with Crippen LogP contribution in [0.15, 0.2) is 24.3 Å². The summed E-state index contributed by atoms with van der Waals surface area (Å²) in [6.45, 7) is 0.0691. The zero-order valence-electron chi connectivity index (χ0n) is 11.3. The minimum atomic E-state index is -1.69. The fraction of sp³-hybridized carbons (Fsp3) is 0.417. The van der Waals surface area contributed by atoms with E-state index >= 15 is 0 Å². The molecule has 0 heterocycles. The van der Waals surface area contributed by atoms with Gasteiger partial charge in [0.2, 0.25) is 8.46 Å². The lowest BCUT2D eigenvalue weighted by molar-refractivity contribution is -0.137. The van der Waals surface area contributed by atoms with Gasteiger partial charge in [0, 0.05) is 31.2 Å². The minimum Gasteiger partial charge on any atom is -0.378 e. The molecule has 0 aromatic heterocycles. The van der Waals surface area contributed by atoms with Gasteiger partial charge in [-0.3, -0.25) is 14.8 Å². The number of ether oxygens (including phenoxy) is 1. The molecule has 1 atom stereocenters. The maximum absolute atomic E-state index is 12.0. The molecule has 6 nitrogen and oxygen atoms in total. The monoisotopic (exact) mass is 317 g/mol. The van der Waals surface area contributed by atoms with Gasteiger partial charge >= 0.3 is 0 Å². The molecule has 1 amide bonds. The molecular weight excluding hydrogens is 301 g/mol. The van der Waals surface area contributed by atoms with E-state index in [-0.39, 0.29) is 12.5 Å². The number of halogens is 1. The Kier molecular flexibility index (Phi) is 6.36. The number of nitrogens with two attached hydrogens (primary N) is 1. The van der Waals surface area contributed by atoms with Crippen LogP contribution in [0.2, 0.25) is 0 Å². The second-order valence-electron chi connectivity index (χ2n) is 4.19. The fourth-order valence-electron chi connectivity index (χ4n) is 1.67. The van der Waals surface area contributed by atoms with Crippen LogP contribution < -0.4 is 16.2 Å². The zero-order chi connectivity index (χ0) is 15.2. The van der Waals surface area contributed by atoms with Gasteiger partial charge in [0.05, 0.1) is 6.61 Å². The number of rotatable bonds is 7. The van der Waals surface area contributed by atoms with Crippen LogP contribution in [0.3, 0.4) is 0 Å². The topological polar surface area (TPSA) is 84.7 Å². The van der Waals surface area contributed by atoms with Crippen molar-refractivity contribution >= 4 is 31.7 Å². The molecule has 20 heavy (non-hydrogen) atoms. The number of alkyl halides is 1. The first-order chi connectivity index (χ1) is 9.51. The number of carbonyl (C=O) groups is 1. The fourth-order valence-corrected chi connectivity index (χ4v) is 2.29. The van der Waals surface area contributed by atoms with Crippen LogP contribution in [-0.4, -0.2) is 32.5 Å². The van der Waals surface area contributed by atoms with Gasteiger partial charge in [0.1, 0.15) is 0 Å². The second kappa shape index (κ2) is 7.55. The lowest BCUT2D eigenvalue weighted by Gasteiger charge is -2.26. The summed E-state index contributed by atoms with van der Waals surface area (Å²) in [5.74, 6) is 4.63. The maximum atomic E-state index is 12.0. The van der Waals surface area contributed by atoms with E-state index in [4.69, 9.17) is 22.2 Å². The van der Waals surface area contributed by atoms with E-state index in [1.165, 1.54) is 0 Å². The number of amides is 1. The smallest absolute Gasteiger partial charge is 0.283 e. The summed E-state index contributed by atoms with van der Waals surface area (Å²) in [5, 5.41) is -1.69. The van der Waals surface area contributed by atoms with Gasteiger partial charge < -0.3 is 9.64 Å². The summed E-state index contributed by atoms with van der Waals surface area (Å²) >= 11 is 5.57. The Hall–Kier alpha value is -1.20. The Morgan fingerprint density at radius 3 is 2.45 bits per heavy atom. The third-order valence-electron chi connectivity index (χ3n) is 2.73. The second-order valence-corrected chi connectivity index (χ2v) is 5.38. The number of benzene rings is 1. The summed E-state index contributed by atoms with van der Waals surface area (Å²) in [6, 6.07) is 6.93. The third-order valence-corrected chi connectivity index (χ3v) is 3.73. The predicted octanol–water partition coefficient (Wildman–Crippen LogP) is 1.44. The van der Waals surface area contributed by atoms with Crippen molar-refractivity contribution < 1.29 is 14.1 Å². The van der Waals surface area contributed by atoms with Crippen molar-refractivity contribution in [2.75, 3.05) is 31.5 Å². The quantitative estimate of drug-likeness (QED) is 0.261. The highest BCUT2D eigenvalue weighted by Crippen LogP contribution is 2.37. The number of carbonyl (C=O) groups excluding carboxylic acids is 1. The predicted molar refractivity (Wildman–Crippen MR) is 79.1 cm³/mol. The first-order valence-electron chi connectivity index (χ1n) is 5.85. The number of hydrogen-bond acceptors (Lipinski definition) is 5. The van der Waals surface area contributed by atoms with Crippen molar-refractivity contribution in [3.8, 4) is 0 Å². The summed E-state index contributed by atoms with van der Waals surface area (Å²) in [7, 11) is 3.27. The van der Waals surface area contributed by atoms with Crippen molar-refractivity contribution in [3.63, 3.8) is 0 Å². The molecule has 0 bridgehead atoms. The van der Waals surface area contributed by atoms with Crippen molar-refractivity contribution in [1.29, 1.82) is 0 Å². The lowest BCUT2D eigenvalue weighted by Crippen LogP contribution is -2.46. The Morgan fingerprint density at radius 1 is 1.45 bits per heavy atom. The van der Waals surface area contributed by atoms with Gasteiger partial charge in [-0.1, -0.05) is 12.1 Å². The molecule has 0 radical (unpaired) electrons. The molecule has 8 heteroatoms. The normalized spacial score (nSPS) is 13.8. The van der Waals surface area contributed by atoms with E-state index in [0.717, 1.165) is 5.69 Å². The zero-order valence-corrected chi connectivity index (χ0v) is 12.9. The first-order valence-corrected chi connectivity index (χ1v) is 7.20. The van der Waals surface area contributed by atoms with Gasteiger partial charge in [0.15, 0.2) is 0 Å². The number of nitrogens with one attached hydrogen (secondary N) is 1. The highest BCUT2D eigenvalue weighted by molar-refractivity contribution is 7.27. The van der Waals surface area contributed by atoms with Crippen LogP contribution in [0, 0.1) is 0 Å². The van der Waals surface area contributed by atoms with Crippen LogP contribution in [0.25, 0.3) is 0 Å². The third kappa shape index (κ3) is 3.46. The van der Waals surface area contributed by atoms with Gasteiger partial charge in [-0.15, -0.1) is 11.6 Å². The van der Waals surface area contributed by atoms with Crippen molar-refractivity contribution in [3.05, 3.63) is 29.8 Å². The highest BCUT2D eigenvalue weighted by Gasteiger charge is 2.42. The van der Waals surface area contributed by atoms with Gasteiger partial charge in [0.25, 0.3) is 11.2 Å². The number of anilines is 1. The minimum absolute atomic E-state index is 0.0691. The average Bonchev–Trinajstić information content (AvgIpc) is 2.48. The molecule has 110 valence electrons. The van der Waals surface area contributed by atoms with Gasteiger partial charge in [-0.25, -0.2) is 5.84 Å². The number of nitrogens with zero attached hydrogens (tertiary/aromatic N) is 1. The van der Waals surface area contributed by atoms with E-state index in [2.05, 4.69) is 0 Å². The number of hydrazine groups is 1. The molecule has 0 aliphatic rings. The standard InChI is InChI=1S/C12H17ClN3O3P/c1-16(2)10-5-3-9(4-6-10)12(20-18,11(17)15-14)19-8-7-13/h3-6H,7-8,14H2,1-2H3,(H,15,17). The van der Waals surface area contributed by atoms with Crippen molar-refractivity contribution in [2.45, 2.75) is 5.34 Å². The Labute approximate surface area is 124 Å². The molecule has 0 fully saturated rings. The molecule has 3 N–H and O–H groups in total. The molecular formula is C12H17ClN3O3P. The molecule has 0 spiro atoms. The van der Waals surface area contributed by atoms with E-state index in [1.54, 1.807) is 24.3 Å². The van der Waals surface area contributed by atoms with E-state index < -0.39 is 19.7 Å². The molecule has 0 saturated carbocycles. The molecule has 0 aliphatic heterocycles. The molecule has 1 aromatic carbocycles. The van der Waals surface area contributed by atoms with Crippen LogP contribution in [0.5, 0.6) is 0 Å². The lowest BCUT2D eigenvalue weighted by atomic mass is 10.1. The maximum Gasteiger partial charge on any atom is 0.283 e.